The second kappa shape index (κ2) is 6.46. The molecule has 0 aliphatic carbocycles. The minimum absolute atomic E-state index is 0.125. The van der Waals surface area contributed by atoms with Gasteiger partial charge in [0.05, 0.1) is 0 Å². The van der Waals surface area contributed by atoms with Crippen molar-refractivity contribution >= 4 is 22.4 Å². The first kappa shape index (κ1) is 16.8. The van der Waals surface area contributed by atoms with Crippen molar-refractivity contribution in [2.45, 2.75) is 57.9 Å². The number of benzene rings is 2. The SMILES string of the molecule is CC1N(CCCCCC(=O)O)c2c(ccc3ccccc23)C1(C)C. The number of rotatable bonds is 6. The summed E-state index contributed by atoms with van der Waals surface area (Å²) in [4.78, 5) is 13.2. The van der Waals surface area contributed by atoms with E-state index in [-0.39, 0.29) is 11.8 Å². The molecule has 3 heteroatoms. The molecule has 1 atom stereocenters. The van der Waals surface area contributed by atoms with Crippen molar-refractivity contribution < 1.29 is 9.90 Å². The molecule has 24 heavy (non-hydrogen) atoms. The van der Waals surface area contributed by atoms with Crippen molar-refractivity contribution in [3.05, 3.63) is 42.0 Å². The van der Waals surface area contributed by atoms with Crippen LogP contribution in [0.25, 0.3) is 10.8 Å². The number of anilines is 1. The maximum atomic E-state index is 10.7. The molecule has 0 saturated heterocycles. The van der Waals surface area contributed by atoms with E-state index in [0.717, 1.165) is 25.8 Å². The average molecular weight is 325 g/mol. The second-order valence-corrected chi connectivity index (χ2v) is 7.48. The fourth-order valence-corrected chi connectivity index (χ4v) is 3.93. The zero-order chi connectivity index (χ0) is 17.3. The summed E-state index contributed by atoms with van der Waals surface area (Å²) in [6.07, 6.45) is 3.05. The van der Waals surface area contributed by atoms with E-state index >= 15 is 0 Å². The molecule has 1 aliphatic rings. The average Bonchev–Trinajstić information content (AvgIpc) is 2.75. The van der Waals surface area contributed by atoms with E-state index < -0.39 is 5.97 Å². The number of carboxylic acid groups (broad SMARTS) is 1. The maximum Gasteiger partial charge on any atom is 0.303 e. The number of hydrogen-bond donors (Lipinski definition) is 1. The molecular weight excluding hydrogens is 298 g/mol. The highest BCUT2D eigenvalue weighted by Crippen LogP contribution is 2.48. The summed E-state index contributed by atoms with van der Waals surface area (Å²) in [5.74, 6) is -0.693. The minimum atomic E-state index is -0.693. The molecule has 0 aromatic heterocycles. The number of unbranched alkanes of at least 4 members (excludes halogenated alkanes) is 2. The lowest BCUT2D eigenvalue weighted by atomic mass is 9.81. The van der Waals surface area contributed by atoms with Gasteiger partial charge in [0.15, 0.2) is 0 Å². The van der Waals surface area contributed by atoms with Crippen LogP contribution >= 0.6 is 0 Å². The Balaban J connectivity index is 1.86. The van der Waals surface area contributed by atoms with Gasteiger partial charge in [-0.2, -0.15) is 0 Å². The van der Waals surface area contributed by atoms with Crippen molar-refractivity contribution in [3.63, 3.8) is 0 Å². The molecule has 128 valence electrons. The van der Waals surface area contributed by atoms with Crippen LogP contribution in [0.2, 0.25) is 0 Å². The number of carboxylic acids is 1. The van der Waals surface area contributed by atoms with Crippen LogP contribution < -0.4 is 4.90 Å². The van der Waals surface area contributed by atoms with Gasteiger partial charge in [-0.15, -0.1) is 0 Å². The van der Waals surface area contributed by atoms with Gasteiger partial charge < -0.3 is 10.0 Å². The van der Waals surface area contributed by atoms with Crippen molar-refractivity contribution in [1.29, 1.82) is 0 Å². The largest absolute Gasteiger partial charge is 0.481 e. The normalized spacial score (nSPS) is 18.8. The van der Waals surface area contributed by atoms with Gasteiger partial charge in [-0.25, -0.2) is 0 Å². The quantitative estimate of drug-likeness (QED) is 0.762. The molecule has 1 N–H and O–H groups in total. The third kappa shape index (κ3) is 2.88. The van der Waals surface area contributed by atoms with Gasteiger partial charge in [-0.3, -0.25) is 4.79 Å². The predicted octanol–water partition coefficient (Wildman–Crippen LogP) is 4.97. The Bertz CT molecular complexity index is 751. The molecule has 1 unspecified atom stereocenters. The first-order chi connectivity index (χ1) is 11.4. The van der Waals surface area contributed by atoms with Gasteiger partial charge in [0.2, 0.25) is 0 Å². The van der Waals surface area contributed by atoms with Crippen LogP contribution in [0.4, 0.5) is 5.69 Å². The number of fused-ring (bicyclic) bond motifs is 3. The summed E-state index contributed by atoms with van der Waals surface area (Å²) in [6, 6.07) is 13.6. The fourth-order valence-electron chi connectivity index (χ4n) is 3.93. The Morgan fingerprint density at radius 2 is 1.88 bits per heavy atom. The van der Waals surface area contributed by atoms with Crippen LogP contribution in [0.1, 0.15) is 52.0 Å². The summed E-state index contributed by atoms with van der Waals surface area (Å²) in [6.45, 7) is 7.96. The van der Waals surface area contributed by atoms with Gasteiger partial charge in [0.1, 0.15) is 0 Å². The van der Waals surface area contributed by atoms with Crippen molar-refractivity contribution in [1.82, 2.24) is 0 Å². The van der Waals surface area contributed by atoms with Crippen LogP contribution in [-0.2, 0) is 10.2 Å². The Morgan fingerprint density at radius 1 is 1.12 bits per heavy atom. The molecule has 0 fully saturated rings. The summed E-state index contributed by atoms with van der Waals surface area (Å²) < 4.78 is 0. The minimum Gasteiger partial charge on any atom is -0.481 e. The molecule has 0 bridgehead atoms. The Morgan fingerprint density at radius 3 is 2.62 bits per heavy atom. The molecule has 1 heterocycles. The lowest BCUT2D eigenvalue weighted by Gasteiger charge is -2.31. The molecular formula is C21H27NO2. The van der Waals surface area contributed by atoms with Gasteiger partial charge in [0, 0.05) is 35.5 Å². The lowest BCUT2D eigenvalue weighted by Crippen LogP contribution is -2.39. The Kier molecular flexibility index (Phi) is 4.53. The van der Waals surface area contributed by atoms with E-state index in [1.807, 2.05) is 0 Å². The van der Waals surface area contributed by atoms with E-state index in [9.17, 15) is 4.79 Å². The topological polar surface area (TPSA) is 40.5 Å². The van der Waals surface area contributed by atoms with E-state index in [1.165, 1.54) is 22.0 Å². The molecule has 3 nitrogen and oxygen atoms in total. The smallest absolute Gasteiger partial charge is 0.303 e. The van der Waals surface area contributed by atoms with Crippen molar-refractivity contribution in [2.24, 2.45) is 0 Å². The molecule has 0 amide bonds. The molecule has 0 saturated carbocycles. The molecule has 0 radical (unpaired) electrons. The van der Waals surface area contributed by atoms with Crippen LogP contribution in [0.15, 0.2) is 36.4 Å². The number of aliphatic carboxylic acids is 1. The van der Waals surface area contributed by atoms with E-state index in [2.05, 4.69) is 62.1 Å². The van der Waals surface area contributed by atoms with E-state index in [4.69, 9.17) is 5.11 Å². The maximum absolute atomic E-state index is 10.7. The number of carbonyl (C=O) groups is 1. The summed E-state index contributed by atoms with van der Waals surface area (Å²) in [5, 5.41) is 11.4. The molecule has 0 spiro atoms. The molecule has 2 aromatic rings. The third-order valence-corrected chi connectivity index (χ3v) is 5.68. The molecule has 1 aliphatic heterocycles. The highest BCUT2D eigenvalue weighted by atomic mass is 16.4. The van der Waals surface area contributed by atoms with Crippen LogP contribution in [0, 0.1) is 0 Å². The zero-order valence-corrected chi connectivity index (χ0v) is 14.9. The van der Waals surface area contributed by atoms with E-state index in [0.29, 0.717) is 6.04 Å². The zero-order valence-electron chi connectivity index (χ0n) is 14.9. The Hall–Kier alpha value is -2.03. The first-order valence-electron chi connectivity index (χ1n) is 8.93. The predicted molar refractivity (Wildman–Crippen MR) is 99.9 cm³/mol. The second-order valence-electron chi connectivity index (χ2n) is 7.48. The Labute approximate surface area is 144 Å². The monoisotopic (exact) mass is 325 g/mol. The lowest BCUT2D eigenvalue weighted by molar-refractivity contribution is -0.137. The first-order valence-corrected chi connectivity index (χ1v) is 8.93. The third-order valence-electron chi connectivity index (χ3n) is 5.68. The summed E-state index contributed by atoms with van der Waals surface area (Å²) in [7, 11) is 0. The van der Waals surface area contributed by atoms with Crippen molar-refractivity contribution in [2.75, 3.05) is 11.4 Å². The van der Waals surface area contributed by atoms with Crippen molar-refractivity contribution in [3.8, 4) is 0 Å². The van der Waals surface area contributed by atoms with Gasteiger partial charge in [-0.1, -0.05) is 56.7 Å². The van der Waals surface area contributed by atoms with Crippen LogP contribution in [0.3, 0.4) is 0 Å². The highest BCUT2D eigenvalue weighted by Gasteiger charge is 2.42. The highest BCUT2D eigenvalue weighted by molar-refractivity contribution is 5.98. The summed E-state index contributed by atoms with van der Waals surface area (Å²) in [5.41, 5.74) is 2.93. The van der Waals surface area contributed by atoms with E-state index in [1.54, 1.807) is 0 Å². The van der Waals surface area contributed by atoms with Gasteiger partial charge in [0.25, 0.3) is 0 Å². The molecule has 2 aromatic carbocycles. The van der Waals surface area contributed by atoms with Gasteiger partial charge in [-0.05, 0) is 30.7 Å². The number of hydrogen-bond acceptors (Lipinski definition) is 2. The number of nitrogens with zero attached hydrogens (tertiary/aromatic N) is 1. The fraction of sp³-hybridized carbons (Fsp3) is 0.476. The van der Waals surface area contributed by atoms with Crippen LogP contribution in [0.5, 0.6) is 0 Å². The van der Waals surface area contributed by atoms with Gasteiger partial charge >= 0.3 is 5.97 Å². The standard InChI is InChI=1S/C21H27NO2/c1-15-21(2,3)18-13-12-16-9-6-7-10-17(16)20(18)22(15)14-8-4-5-11-19(23)24/h6-7,9-10,12-13,15H,4-5,8,11,14H2,1-3H3,(H,23,24). The molecule has 3 rings (SSSR count). The van der Waals surface area contributed by atoms with Crippen LogP contribution in [-0.4, -0.2) is 23.7 Å². The summed E-state index contributed by atoms with van der Waals surface area (Å²) >= 11 is 0.